The molecule has 172 valence electrons. The minimum absolute atomic E-state index is 0.000776. The van der Waals surface area contributed by atoms with Crippen molar-refractivity contribution in [2.24, 2.45) is 14.1 Å². The van der Waals surface area contributed by atoms with Gasteiger partial charge in [-0.15, -0.1) is 0 Å². The van der Waals surface area contributed by atoms with E-state index in [0.29, 0.717) is 23.3 Å². The van der Waals surface area contributed by atoms with Gasteiger partial charge in [-0.05, 0) is 47.7 Å². The summed E-state index contributed by atoms with van der Waals surface area (Å²) in [6, 6.07) is 10.6. The molecule has 2 aromatic heterocycles. The third-order valence-electron chi connectivity index (χ3n) is 5.66. The monoisotopic (exact) mass is 465 g/mol. The molecule has 0 atom stereocenters. The topological polar surface area (TPSA) is 83.2 Å². The van der Waals surface area contributed by atoms with E-state index in [-0.39, 0.29) is 16.2 Å². The minimum Gasteiger partial charge on any atom is -0.493 e. The fourth-order valence-corrected chi connectivity index (χ4v) is 4.75. The maximum absolute atomic E-state index is 12.9. The number of pyridine rings is 1. The van der Waals surface area contributed by atoms with E-state index in [0.717, 1.165) is 28.5 Å². The van der Waals surface area contributed by atoms with E-state index in [1.165, 1.54) is 4.57 Å². The van der Waals surface area contributed by atoms with E-state index in [2.05, 4.69) is 5.10 Å². The number of sulfone groups is 1. The van der Waals surface area contributed by atoms with Gasteiger partial charge in [0.05, 0.1) is 23.5 Å². The van der Waals surface area contributed by atoms with Crippen LogP contribution in [-0.4, -0.2) is 35.1 Å². The first-order valence-electron chi connectivity index (χ1n) is 10.9. The lowest BCUT2D eigenvalue weighted by Gasteiger charge is -2.16. The van der Waals surface area contributed by atoms with Gasteiger partial charge >= 0.3 is 0 Å². The summed E-state index contributed by atoms with van der Waals surface area (Å²) in [5.74, 6) is 0.583. The Morgan fingerprint density at radius 3 is 2.39 bits per heavy atom. The molecule has 2 heterocycles. The number of hydrogen-bond donors (Lipinski definition) is 0. The van der Waals surface area contributed by atoms with Crippen molar-refractivity contribution < 1.29 is 13.2 Å². The number of aromatic nitrogens is 3. The third kappa shape index (κ3) is 4.30. The van der Waals surface area contributed by atoms with Crippen LogP contribution < -0.4 is 10.3 Å². The molecule has 4 rings (SSSR count). The van der Waals surface area contributed by atoms with Crippen LogP contribution in [0.15, 0.2) is 64.7 Å². The van der Waals surface area contributed by atoms with Crippen molar-refractivity contribution in [2.75, 3.05) is 12.4 Å². The van der Waals surface area contributed by atoms with Gasteiger partial charge in [0.2, 0.25) is 0 Å². The van der Waals surface area contributed by atoms with Crippen molar-refractivity contribution in [1.82, 2.24) is 14.3 Å². The minimum atomic E-state index is -3.42. The molecule has 0 saturated heterocycles. The Morgan fingerprint density at radius 1 is 0.939 bits per heavy atom. The van der Waals surface area contributed by atoms with Crippen molar-refractivity contribution in [2.45, 2.75) is 25.2 Å². The third-order valence-corrected chi connectivity index (χ3v) is 7.40. The summed E-state index contributed by atoms with van der Waals surface area (Å²) >= 11 is 0. The smallest absolute Gasteiger partial charge is 0.258 e. The van der Waals surface area contributed by atoms with Crippen LogP contribution in [0.5, 0.6) is 5.75 Å². The quantitative estimate of drug-likeness (QED) is 0.409. The van der Waals surface area contributed by atoms with Crippen LogP contribution in [0.1, 0.15) is 20.3 Å². The number of nitrogens with zero attached hydrogens (tertiary/aromatic N) is 3. The summed E-state index contributed by atoms with van der Waals surface area (Å²) in [5, 5.41) is 5.52. The Morgan fingerprint density at radius 2 is 1.73 bits per heavy atom. The Bertz CT molecular complexity index is 1500. The molecule has 0 radical (unpaired) electrons. The van der Waals surface area contributed by atoms with Gasteiger partial charge < -0.3 is 9.30 Å². The van der Waals surface area contributed by atoms with Gasteiger partial charge in [-0.1, -0.05) is 19.9 Å². The van der Waals surface area contributed by atoms with E-state index < -0.39 is 9.84 Å². The van der Waals surface area contributed by atoms with Gasteiger partial charge in [0.1, 0.15) is 5.75 Å². The van der Waals surface area contributed by atoms with Crippen molar-refractivity contribution in [3.05, 3.63) is 65.3 Å². The first-order chi connectivity index (χ1) is 15.7. The van der Waals surface area contributed by atoms with Crippen molar-refractivity contribution in [1.29, 1.82) is 0 Å². The van der Waals surface area contributed by atoms with Crippen LogP contribution >= 0.6 is 0 Å². The molecule has 0 spiro atoms. The van der Waals surface area contributed by atoms with E-state index >= 15 is 0 Å². The molecule has 4 aromatic rings. The molecular formula is C25H27N3O4S. The van der Waals surface area contributed by atoms with Gasteiger partial charge in [0, 0.05) is 48.6 Å². The molecule has 7 nitrogen and oxygen atoms in total. The molecule has 0 amide bonds. The molecule has 0 N–H and O–H groups in total. The zero-order valence-corrected chi connectivity index (χ0v) is 20.0. The molecule has 0 fully saturated rings. The average Bonchev–Trinajstić information content (AvgIpc) is 3.26. The molecule has 0 aliphatic heterocycles. The number of benzene rings is 2. The second-order valence-electron chi connectivity index (χ2n) is 8.03. The first-order valence-corrected chi connectivity index (χ1v) is 12.5. The fourth-order valence-electron chi connectivity index (χ4n) is 3.85. The molecule has 0 unspecified atom stereocenters. The number of aryl methyl sites for hydroxylation is 2. The molecule has 0 aliphatic rings. The molecule has 2 aromatic carbocycles. The second-order valence-corrected chi connectivity index (χ2v) is 10.3. The van der Waals surface area contributed by atoms with Crippen molar-refractivity contribution >= 4 is 20.6 Å². The maximum atomic E-state index is 12.9. The SMILES string of the molecule is CCCOc1ccc(S(=O)(=O)CC)cc1-c1cn(C)c(=O)c2ccc(-c3cnn(C)c3)cc12. The van der Waals surface area contributed by atoms with Gasteiger partial charge in [-0.2, -0.15) is 5.10 Å². The zero-order valence-electron chi connectivity index (χ0n) is 19.2. The summed E-state index contributed by atoms with van der Waals surface area (Å²) in [4.78, 5) is 13.1. The molecule has 0 aliphatic carbocycles. The highest BCUT2D eigenvalue weighted by atomic mass is 32.2. The lowest BCUT2D eigenvalue weighted by molar-refractivity contribution is 0.318. The van der Waals surface area contributed by atoms with Crippen LogP contribution in [0, 0.1) is 0 Å². The average molecular weight is 466 g/mol. The van der Waals surface area contributed by atoms with Crippen LogP contribution in [0.3, 0.4) is 0 Å². The van der Waals surface area contributed by atoms with E-state index in [1.807, 2.05) is 38.4 Å². The summed E-state index contributed by atoms with van der Waals surface area (Å²) in [7, 11) is 0.123. The molecule has 8 heteroatoms. The van der Waals surface area contributed by atoms with Crippen molar-refractivity contribution in [3.8, 4) is 28.0 Å². The predicted molar refractivity (Wildman–Crippen MR) is 130 cm³/mol. The Labute approximate surface area is 193 Å². The normalized spacial score (nSPS) is 11.8. The standard InChI is InChI=1S/C25H27N3O4S/c1-5-11-32-24-10-8-19(33(30,31)6-2)13-22(24)23-16-27(3)25(29)20-9-7-17(12-21(20)23)18-14-26-28(4)15-18/h7-10,12-16H,5-6,11H2,1-4H3. The van der Waals surface area contributed by atoms with Gasteiger partial charge in [0.15, 0.2) is 9.84 Å². The number of ether oxygens (including phenoxy) is 1. The van der Waals surface area contributed by atoms with Crippen LogP contribution in [-0.2, 0) is 23.9 Å². The highest BCUT2D eigenvalue weighted by molar-refractivity contribution is 7.91. The maximum Gasteiger partial charge on any atom is 0.258 e. The Hall–Kier alpha value is -3.39. The number of fused-ring (bicyclic) bond motifs is 1. The molecule has 33 heavy (non-hydrogen) atoms. The number of hydrogen-bond acceptors (Lipinski definition) is 5. The van der Waals surface area contributed by atoms with E-state index in [1.54, 1.807) is 49.2 Å². The second kappa shape index (κ2) is 8.86. The lowest BCUT2D eigenvalue weighted by atomic mass is 9.97. The number of rotatable bonds is 7. The zero-order chi connectivity index (χ0) is 23.8. The lowest BCUT2D eigenvalue weighted by Crippen LogP contribution is -2.16. The Kier molecular flexibility index (Phi) is 6.12. The highest BCUT2D eigenvalue weighted by Crippen LogP contribution is 2.37. The highest BCUT2D eigenvalue weighted by Gasteiger charge is 2.19. The Balaban J connectivity index is 2.04. The van der Waals surface area contributed by atoms with E-state index in [9.17, 15) is 13.2 Å². The van der Waals surface area contributed by atoms with Gasteiger partial charge in [0.25, 0.3) is 5.56 Å². The molecule has 0 bridgehead atoms. The van der Waals surface area contributed by atoms with Gasteiger partial charge in [-0.25, -0.2) is 8.42 Å². The largest absolute Gasteiger partial charge is 0.493 e. The van der Waals surface area contributed by atoms with E-state index in [4.69, 9.17) is 4.74 Å². The predicted octanol–water partition coefficient (Wildman–Crippen LogP) is 4.19. The van der Waals surface area contributed by atoms with Crippen molar-refractivity contribution in [3.63, 3.8) is 0 Å². The van der Waals surface area contributed by atoms with Crippen LogP contribution in [0.4, 0.5) is 0 Å². The summed E-state index contributed by atoms with van der Waals surface area (Å²) < 4.78 is 34.5. The summed E-state index contributed by atoms with van der Waals surface area (Å²) in [6.45, 7) is 4.13. The summed E-state index contributed by atoms with van der Waals surface area (Å²) in [6.07, 6.45) is 6.24. The molecule has 0 saturated carbocycles. The van der Waals surface area contributed by atoms with Gasteiger partial charge in [-0.3, -0.25) is 9.48 Å². The summed E-state index contributed by atoms with van der Waals surface area (Å²) in [5.41, 5.74) is 3.09. The van der Waals surface area contributed by atoms with Crippen LogP contribution in [0.25, 0.3) is 33.0 Å². The van der Waals surface area contributed by atoms with Crippen LogP contribution in [0.2, 0.25) is 0 Å². The molecular weight excluding hydrogens is 438 g/mol. The first kappa shape index (κ1) is 22.8. The fraction of sp³-hybridized carbons (Fsp3) is 0.280.